The van der Waals surface area contributed by atoms with Crippen LogP contribution < -0.4 is 5.32 Å². The van der Waals surface area contributed by atoms with Crippen LogP contribution in [0.15, 0.2) is 24.3 Å². The standard InChI is InChI=1S/C14H18N2O5/c1-9(13(18)21-14(2,3)4)15-12(17)10-6-5-7-11(8-10)16(19)20/h5-9H,1-4H3,(H,15,17)/t9-/m1/s1. The largest absolute Gasteiger partial charge is 0.458 e. The molecule has 0 heterocycles. The van der Waals surface area contributed by atoms with Crippen LogP contribution in [-0.2, 0) is 9.53 Å². The van der Waals surface area contributed by atoms with Crippen LogP contribution >= 0.6 is 0 Å². The minimum atomic E-state index is -0.851. The van der Waals surface area contributed by atoms with E-state index in [-0.39, 0.29) is 11.3 Å². The fourth-order valence-electron chi connectivity index (χ4n) is 1.49. The number of carbonyl (C=O) groups is 2. The summed E-state index contributed by atoms with van der Waals surface area (Å²) in [5.41, 5.74) is -0.728. The molecule has 7 nitrogen and oxygen atoms in total. The fraction of sp³-hybridized carbons (Fsp3) is 0.429. The van der Waals surface area contributed by atoms with Crippen molar-refractivity contribution in [2.45, 2.75) is 39.3 Å². The van der Waals surface area contributed by atoms with Crippen LogP contribution in [0.5, 0.6) is 0 Å². The summed E-state index contributed by atoms with van der Waals surface area (Å²) in [6, 6.07) is 4.43. The van der Waals surface area contributed by atoms with E-state index in [1.54, 1.807) is 20.8 Å². The molecule has 7 heteroatoms. The van der Waals surface area contributed by atoms with Crippen molar-refractivity contribution in [1.29, 1.82) is 0 Å². The Labute approximate surface area is 122 Å². The highest BCUT2D eigenvalue weighted by molar-refractivity contribution is 5.97. The van der Waals surface area contributed by atoms with E-state index in [0.717, 1.165) is 6.07 Å². The highest BCUT2D eigenvalue weighted by atomic mass is 16.6. The first-order chi connectivity index (χ1) is 9.60. The van der Waals surface area contributed by atoms with E-state index >= 15 is 0 Å². The Kier molecular flexibility index (Phi) is 5.02. The van der Waals surface area contributed by atoms with E-state index in [4.69, 9.17) is 4.74 Å². The van der Waals surface area contributed by atoms with Crippen molar-refractivity contribution >= 4 is 17.6 Å². The molecule has 0 aliphatic rings. The summed E-state index contributed by atoms with van der Waals surface area (Å²) >= 11 is 0. The average Bonchev–Trinajstić information content (AvgIpc) is 2.36. The molecular weight excluding hydrogens is 276 g/mol. The lowest BCUT2D eigenvalue weighted by molar-refractivity contribution is -0.384. The van der Waals surface area contributed by atoms with E-state index in [9.17, 15) is 19.7 Å². The summed E-state index contributed by atoms with van der Waals surface area (Å²) in [6.07, 6.45) is 0. The van der Waals surface area contributed by atoms with Crippen LogP contribution in [0.1, 0.15) is 38.1 Å². The van der Waals surface area contributed by atoms with Gasteiger partial charge in [-0.2, -0.15) is 0 Å². The van der Waals surface area contributed by atoms with Crippen molar-refractivity contribution in [3.05, 3.63) is 39.9 Å². The van der Waals surface area contributed by atoms with Crippen LogP contribution in [0.3, 0.4) is 0 Å². The number of hydrogen-bond acceptors (Lipinski definition) is 5. The SMILES string of the molecule is C[C@@H](NC(=O)c1cccc([N+](=O)[O-])c1)C(=O)OC(C)(C)C. The van der Waals surface area contributed by atoms with Gasteiger partial charge in [0, 0.05) is 17.7 Å². The second-order valence-corrected chi connectivity index (χ2v) is 5.54. The predicted molar refractivity (Wildman–Crippen MR) is 75.9 cm³/mol. The van der Waals surface area contributed by atoms with Gasteiger partial charge >= 0.3 is 5.97 Å². The van der Waals surface area contributed by atoms with E-state index < -0.39 is 28.4 Å². The number of benzene rings is 1. The third-order valence-corrected chi connectivity index (χ3v) is 2.43. The van der Waals surface area contributed by atoms with Crippen LogP contribution in [-0.4, -0.2) is 28.4 Å². The quantitative estimate of drug-likeness (QED) is 0.520. The Morgan fingerprint density at radius 3 is 2.48 bits per heavy atom. The van der Waals surface area contributed by atoms with Crippen molar-refractivity contribution in [2.75, 3.05) is 0 Å². The molecular formula is C14H18N2O5. The third-order valence-electron chi connectivity index (χ3n) is 2.43. The van der Waals surface area contributed by atoms with Gasteiger partial charge in [-0.1, -0.05) is 6.07 Å². The molecule has 1 atom stereocenters. The maximum absolute atomic E-state index is 12.0. The minimum absolute atomic E-state index is 0.111. The second kappa shape index (κ2) is 6.34. The molecule has 114 valence electrons. The van der Waals surface area contributed by atoms with Gasteiger partial charge in [0.15, 0.2) is 0 Å². The van der Waals surface area contributed by atoms with Crippen molar-refractivity contribution in [1.82, 2.24) is 5.32 Å². The molecule has 1 rings (SSSR count). The monoisotopic (exact) mass is 294 g/mol. The Hall–Kier alpha value is -2.44. The van der Waals surface area contributed by atoms with Gasteiger partial charge in [-0.15, -0.1) is 0 Å². The summed E-state index contributed by atoms with van der Waals surface area (Å²) in [5, 5.41) is 13.1. The van der Waals surface area contributed by atoms with Crippen LogP contribution in [0.25, 0.3) is 0 Å². The van der Waals surface area contributed by atoms with Gasteiger partial charge in [0.2, 0.25) is 0 Å². The zero-order valence-electron chi connectivity index (χ0n) is 12.4. The van der Waals surface area contributed by atoms with Gasteiger partial charge in [0.25, 0.3) is 11.6 Å². The number of nitrogens with one attached hydrogen (secondary N) is 1. The van der Waals surface area contributed by atoms with E-state index in [0.29, 0.717) is 0 Å². The van der Waals surface area contributed by atoms with E-state index in [2.05, 4.69) is 5.32 Å². The molecule has 0 radical (unpaired) electrons. The first-order valence-corrected chi connectivity index (χ1v) is 6.38. The van der Waals surface area contributed by atoms with Crippen molar-refractivity contribution < 1.29 is 19.2 Å². The lowest BCUT2D eigenvalue weighted by Gasteiger charge is -2.22. The van der Waals surface area contributed by atoms with Crippen LogP contribution in [0, 0.1) is 10.1 Å². The van der Waals surface area contributed by atoms with Gasteiger partial charge in [-0.05, 0) is 33.8 Å². The number of rotatable bonds is 4. The number of ether oxygens (including phenoxy) is 1. The Morgan fingerprint density at radius 2 is 1.95 bits per heavy atom. The number of amides is 1. The van der Waals surface area contributed by atoms with Gasteiger partial charge in [0.05, 0.1) is 4.92 Å². The van der Waals surface area contributed by atoms with Crippen molar-refractivity contribution in [3.63, 3.8) is 0 Å². The highest BCUT2D eigenvalue weighted by Gasteiger charge is 2.23. The Bertz CT molecular complexity index is 563. The molecule has 0 spiro atoms. The maximum atomic E-state index is 12.0. The van der Waals surface area contributed by atoms with Crippen molar-refractivity contribution in [3.8, 4) is 0 Å². The summed E-state index contributed by atoms with van der Waals surface area (Å²) in [6.45, 7) is 6.66. The Morgan fingerprint density at radius 1 is 1.33 bits per heavy atom. The van der Waals surface area contributed by atoms with Crippen LogP contribution in [0.2, 0.25) is 0 Å². The molecule has 0 bridgehead atoms. The third kappa shape index (κ3) is 5.21. The minimum Gasteiger partial charge on any atom is -0.458 e. The zero-order valence-corrected chi connectivity index (χ0v) is 12.4. The van der Waals surface area contributed by atoms with Gasteiger partial charge in [-0.3, -0.25) is 14.9 Å². The first kappa shape index (κ1) is 16.6. The molecule has 0 aliphatic heterocycles. The predicted octanol–water partition coefficient (Wildman–Crippen LogP) is 2.05. The summed E-state index contributed by atoms with van der Waals surface area (Å²) in [7, 11) is 0. The molecule has 1 aromatic carbocycles. The smallest absolute Gasteiger partial charge is 0.328 e. The molecule has 0 saturated carbocycles. The molecule has 1 N–H and O–H groups in total. The number of nitro groups is 1. The highest BCUT2D eigenvalue weighted by Crippen LogP contribution is 2.13. The van der Waals surface area contributed by atoms with Gasteiger partial charge in [0.1, 0.15) is 11.6 Å². The molecule has 0 unspecified atom stereocenters. The fourth-order valence-corrected chi connectivity index (χ4v) is 1.49. The number of non-ortho nitro benzene ring substituents is 1. The number of esters is 1. The summed E-state index contributed by atoms with van der Waals surface area (Å²) < 4.78 is 5.14. The average molecular weight is 294 g/mol. The summed E-state index contributed by atoms with van der Waals surface area (Å²) in [4.78, 5) is 33.8. The lowest BCUT2D eigenvalue weighted by Crippen LogP contribution is -2.42. The molecule has 0 aliphatic carbocycles. The van der Waals surface area contributed by atoms with Crippen molar-refractivity contribution in [2.24, 2.45) is 0 Å². The van der Waals surface area contributed by atoms with Gasteiger partial charge in [-0.25, -0.2) is 4.79 Å². The molecule has 1 aromatic rings. The normalized spacial score (nSPS) is 12.4. The first-order valence-electron chi connectivity index (χ1n) is 6.38. The molecule has 0 saturated heterocycles. The molecule has 0 fully saturated rings. The zero-order chi connectivity index (χ0) is 16.2. The van der Waals surface area contributed by atoms with Gasteiger partial charge < -0.3 is 10.1 Å². The lowest BCUT2D eigenvalue weighted by atomic mass is 10.1. The topological polar surface area (TPSA) is 98.5 Å². The molecule has 0 aromatic heterocycles. The molecule has 21 heavy (non-hydrogen) atoms. The van der Waals surface area contributed by atoms with E-state index in [1.165, 1.54) is 25.1 Å². The van der Waals surface area contributed by atoms with Crippen LogP contribution in [0.4, 0.5) is 5.69 Å². The number of nitro benzene ring substituents is 1. The maximum Gasteiger partial charge on any atom is 0.328 e. The number of hydrogen-bond donors (Lipinski definition) is 1. The second-order valence-electron chi connectivity index (χ2n) is 5.54. The molecule has 1 amide bonds. The summed E-state index contributed by atoms with van der Waals surface area (Å²) in [5.74, 6) is -1.14. The number of carbonyl (C=O) groups excluding carboxylic acids is 2. The Balaban J connectivity index is 2.75. The van der Waals surface area contributed by atoms with E-state index in [1.807, 2.05) is 0 Å². The number of nitrogens with zero attached hydrogens (tertiary/aromatic N) is 1.